The minimum absolute atomic E-state index is 0.125. The van der Waals surface area contributed by atoms with Crippen LogP contribution in [0.25, 0.3) is 0 Å². The molecule has 4 N–H and O–H groups in total. The molecule has 2 aromatic heterocycles. The third-order valence-electron chi connectivity index (χ3n) is 4.42. The highest BCUT2D eigenvalue weighted by atomic mass is 16.2. The number of piperidine rings is 1. The van der Waals surface area contributed by atoms with E-state index in [0.717, 1.165) is 12.8 Å². The Morgan fingerprint density at radius 2 is 2.04 bits per heavy atom. The molecule has 0 radical (unpaired) electrons. The van der Waals surface area contributed by atoms with Crippen LogP contribution in [0.2, 0.25) is 0 Å². The van der Waals surface area contributed by atoms with Crippen LogP contribution in [0.3, 0.4) is 0 Å². The first-order chi connectivity index (χ1) is 13.0. The van der Waals surface area contributed by atoms with Gasteiger partial charge in [-0.15, -0.1) is 0 Å². The molecule has 140 valence electrons. The van der Waals surface area contributed by atoms with Crippen LogP contribution >= 0.6 is 0 Å². The van der Waals surface area contributed by atoms with Crippen molar-refractivity contribution in [3.63, 3.8) is 0 Å². The number of nitrogens with two attached hydrogens (primary N) is 1. The van der Waals surface area contributed by atoms with Crippen molar-refractivity contribution in [2.24, 2.45) is 5.73 Å². The fraction of sp³-hybridized carbons (Fsp3) is 0.278. The molecule has 1 fully saturated rings. The average molecular weight is 369 g/mol. The number of hydrogen-bond donors (Lipinski definition) is 3. The molecule has 3 amide bonds. The zero-order valence-electron chi connectivity index (χ0n) is 14.5. The molecule has 1 saturated heterocycles. The fourth-order valence-corrected chi connectivity index (χ4v) is 3.15. The Balaban J connectivity index is 1.78. The zero-order valence-corrected chi connectivity index (χ0v) is 14.5. The van der Waals surface area contributed by atoms with Gasteiger partial charge in [-0.1, -0.05) is 0 Å². The summed E-state index contributed by atoms with van der Waals surface area (Å²) in [5.74, 6) is -2.23. The number of hydrogen-bond acceptors (Lipinski definition) is 5. The number of nitrogens with zero attached hydrogens (tertiary/aromatic N) is 2. The van der Waals surface area contributed by atoms with E-state index in [1.807, 2.05) is 0 Å². The number of H-pyrrole nitrogens is 1. The molecule has 27 heavy (non-hydrogen) atoms. The molecule has 2 aromatic rings. The number of likely N-dealkylation sites (tertiary alicyclic amines) is 1. The van der Waals surface area contributed by atoms with E-state index >= 15 is 0 Å². The van der Waals surface area contributed by atoms with Gasteiger partial charge in [-0.05, 0) is 37.0 Å². The molecule has 0 saturated carbocycles. The van der Waals surface area contributed by atoms with Gasteiger partial charge in [-0.2, -0.15) is 0 Å². The summed E-state index contributed by atoms with van der Waals surface area (Å²) in [5, 5.41) is 2.45. The van der Waals surface area contributed by atoms with E-state index in [1.54, 1.807) is 6.07 Å². The first-order valence-electron chi connectivity index (χ1n) is 8.51. The minimum atomic E-state index is -0.838. The van der Waals surface area contributed by atoms with Crippen molar-refractivity contribution in [3.05, 3.63) is 58.3 Å². The highest BCUT2D eigenvalue weighted by molar-refractivity contribution is 6.39. The van der Waals surface area contributed by atoms with E-state index in [2.05, 4.69) is 15.3 Å². The second-order valence-corrected chi connectivity index (χ2v) is 6.28. The van der Waals surface area contributed by atoms with Crippen molar-refractivity contribution in [1.29, 1.82) is 0 Å². The lowest BCUT2D eigenvalue weighted by molar-refractivity contribution is -0.145. The Morgan fingerprint density at radius 3 is 2.78 bits per heavy atom. The standard InChI is InChI=1S/C18H19N5O4/c19-16(25)12-7-13(10-20-9-12)22-17(26)18(27)23-6-2-1-3-14(23)11-4-5-21-15(24)8-11/h4-5,7-10,14H,1-3,6H2,(H2,19,25)(H,21,24)(H,22,26). The van der Waals surface area contributed by atoms with Crippen LogP contribution in [0.15, 0.2) is 41.6 Å². The lowest BCUT2D eigenvalue weighted by atomic mass is 9.96. The summed E-state index contributed by atoms with van der Waals surface area (Å²) in [6, 6.07) is 4.18. The number of aromatic nitrogens is 2. The SMILES string of the molecule is NC(=O)c1cncc(NC(=O)C(=O)N2CCCCC2c2cc[nH]c(=O)c2)c1. The summed E-state index contributed by atoms with van der Waals surface area (Å²) >= 11 is 0. The summed E-state index contributed by atoms with van der Waals surface area (Å²) in [6.07, 6.45) is 6.46. The van der Waals surface area contributed by atoms with Gasteiger partial charge in [0.25, 0.3) is 0 Å². The molecule has 3 rings (SSSR count). The molecule has 9 heteroatoms. The lowest BCUT2D eigenvalue weighted by Crippen LogP contribution is -2.44. The summed E-state index contributed by atoms with van der Waals surface area (Å²) in [6.45, 7) is 0.420. The quantitative estimate of drug-likeness (QED) is 0.679. The second kappa shape index (κ2) is 7.81. The Kier molecular flexibility index (Phi) is 5.30. The fourth-order valence-electron chi connectivity index (χ4n) is 3.15. The van der Waals surface area contributed by atoms with Crippen LogP contribution < -0.4 is 16.6 Å². The molecule has 0 bridgehead atoms. The number of carbonyl (C=O) groups is 3. The minimum Gasteiger partial charge on any atom is -0.366 e. The van der Waals surface area contributed by atoms with Crippen LogP contribution in [0.4, 0.5) is 5.69 Å². The maximum absolute atomic E-state index is 12.7. The summed E-state index contributed by atoms with van der Waals surface area (Å²) in [5.41, 5.74) is 5.95. The third kappa shape index (κ3) is 4.20. The Labute approximate surface area is 154 Å². The molecular formula is C18H19N5O4. The van der Waals surface area contributed by atoms with Gasteiger partial charge in [0.05, 0.1) is 23.5 Å². The number of primary amides is 1. The highest BCUT2D eigenvalue weighted by Crippen LogP contribution is 2.30. The van der Waals surface area contributed by atoms with Crippen molar-refractivity contribution in [1.82, 2.24) is 14.9 Å². The van der Waals surface area contributed by atoms with Gasteiger partial charge < -0.3 is 20.9 Å². The zero-order chi connectivity index (χ0) is 19.4. The molecule has 9 nitrogen and oxygen atoms in total. The molecule has 1 aliphatic rings. The number of rotatable bonds is 3. The molecule has 0 aromatic carbocycles. The maximum Gasteiger partial charge on any atom is 0.313 e. The number of aromatic amines is 1. The van der Waals surface area contributed by atoms with Gasteiger partial charge in [0, 0.05) is 25.0 Å². The first-order valence-corrected chi connectivity index (χ1v) is 8.51. The first kappa shape index (κ1) is 18.3. The highest BCUT2D eigenvalue weighted by Gasteiger charge is 2.32. The van der Waals surface area contributed by atoms with Crippen LogP contribution in [0, 0.1) is 0 Å². The largest absolute Gasteiger partial charge is 0.366 e. The van der Waals surface area contributed by atoms with Gasteiger partial charge >= 0.3 is 11.8 Å². The Bertz CT molecular complexity index is 939. The molecule has 1 unspecified atom stereocenters. The smallest absolute Gasteiger partial charge is 0.313 e. The number of carbonyl (C=O) groups excluding carboxylic acids is 3. The van der Waals surface area contributed by atoms with Crippen LogP contribution in [0.1, 0.15) is 41.2 Å². The monoisotopic (exact) mass is 369 g/mol. The predicted octanol–water partition coefficient (Wildman–Crippen LogP) is 0.561. The van der Waals surface area contributed by atoms with Crippen molar-refractivity contribution >= 4 is 23.4 Å². The van der Waals surface area contributed by atoms with Crippen molar-refractivity contribution in [2.45, 2.75) is 25.3 Å². The molecule has 1 atom stereocenters. The van der Waals surface area contributed by atoms with Gasteiger partial charge in [-0.25, -0.2) is 0 Å². The predicted molar refractivity (Wildman–Crippen MR) is 96.8 cm³/mol. The Morgan fingerprint density at radius 1 is 1.22 bits per heavy atom. The number of amides is 3. The van der Waals surface area contributed by atoms with Crippen molar-refractivity contribution in [3.8, 4) is 0 Å². The van der Waals surface area contributed by atoms with Crippen molar-refractivity contribution in [2.75, 3.05) is 11.9 Å². The Hall–Kier alpha value is -3.49. The molecule has 0 aliphatic carbocycles. The second-order valence-electron chi connectivity index (χ2n) is 6.28. The van der Waals surface area contributed by atoms with E-state index < -0.39 is 17.7 Å². The van der Waals surface area contributed by atoms with E-state index in [1.165, 1.54) is 35.6 Å². The van der Waals surface area contributed by atoms with Gasteiger partial charge in [0.2, 0.25) is 11.5 Å². The van der Waals surface area contributed by atoms with Crippen LogP contribution in [0.5, 0.6) is 0 Å². The maximum atomic E-state index is 12.7. The molecule has 3 heterocycles. The van der Waals surface area contributed by atoms with E-state index in [4.69, 9.17) is 5.73 Å². The number of anilines is 1. The molecule has 0 spiro atoms. The molecular weight excluding hydrogens is 350 g/mol. The topological polar surface area (TPSA) is 138 Å². The lowest BCUT2D eigenvalue weighted by Gasteiger charge is -2.35. The normalized spacial score (nSPS) is 16.6. The third-order valence-corrected chi connectivity index (χ3v) is 4.42. The van der Waals surface area contributed by atoms with E-state index in [-0.39, 0.29) is 22.9 Å². The number of pyridine rings is 2. The van der Waals surface area contributed by atoms with Gasteiger partial charge in [-0.3, -0.25) is 24.2 Å². The van der Waals surface area contributed by atoms with E-state index in [9.17, 15) is 19.2 Å². The summed E-state index contributed by atoms with van der Waals surface area (Å²) in [7, 11) is 0. The van der Waals surface area contributed by atoms with Gasteiger partial charge in [0.15, 0.2) is 0 Å². The van der Waals surface area contributed by atoms with E-state index in [0.29, 0.717) is 18.5 Å². The summed E-state index contributed by atoms with van der Waals surface area (Å²) in [4.78, 5) is 55.8. The van der Waals surface area contributed by atoms with Gasteiger partial charge in [0.1, 0.15) is 0 Å². The average Bonchev–Trinajstić information content (AvgIpc) is 2.67. The summed E-state index contributed by atoms with van der Waals surface area (Å²) < 4.78 is 0. The van der Waals surface area contributed by atoms with Crippen molar-refractivity contribution < 1.29 is 14.4 Å². The number of nitrogens with one attached hydrogen (secondary N) is 2. The van der Waals surface area contributed by atoms with Crippen LogP contribution in [-0.2, 0) is 9.59 Å². The molecule has 1 aliphatic heterocycles. The van der Waals surface area contributed by atoms with Crippen LogP contribution in [-0.4, -0.2) is 39.1 Å².